The molecule has 1 aromatic carbocycles. The molecule has 1 aliphatic rings. The van der Waals surface area contributed by atoms with Crippen molar-refractivity contribution >= 4 is 5.91 Å². The minimum atomic E-state index is 0.0653. The van der Waals surface area contributed by atoms with Crippen LogP contribution in [0.1, 0.15) is 35.7 Å². The third-order valence-corrected chi connectivity index (χ3v) is 3.87. The second kappa shape index (κ2) is 7.06. The predicted molar refractivity (Wildman–Crippen MR) is 78.3 cm³/mol. The summed E-state index contributed by atoms with van der Waals surface area (Å²) in [6.07, 6.45) is 2.27. The summed E-state index contributed by atoms with van der Waals surface area (Å²) in [5.41, 5.74) is 1.25. The Balaban J connectivity index is 2.01. The lowest BCUT2D eigenvalue weighted by atomic mass is 9.97. The second-order valence-electron chi connectivity index (χ2n) is 5.23. The molecule has 20 heavy (non-hydrogen) atoms. The van der Waals surface area contributed by atoms with Gasteiger partial charge >= 0.3 is 0 Å². The summed E-state index contributed by atoms with van der Waals surface area (Å²) in [6, 6.07) is 8.95. The first-order chi connectivity index (χ1) is 9.74. The van der Waals surface area contributed by atoms with E-state index in [9.17, 15) is 4.79 Å². The normalized spacial score (nSPS) is 15.6. The Morgan fingerprint density at radius 1 is 1.35 bits per heavy atom. The number of benzene rings is 1. The first-order valence-electron chi connectivity index (χ1n) is 7.24. The average Bonchev–Trinajstić information content (AvgIpc) is 2.53. The molecule has 0 spiro atoms. The van der Waals surface area contributed by atoms with Gasteiger partial charge in [-0.1, -0.05) is 0 Å². The predicted octanol–water partition coefficient (Wildman–Crippen LogP) is 2.02. The van der Waals surface area contributed by atoms with Gasteiger partial charge in [-0.2, -0.15) is 5.26 Å². The highest BCUT2D eigenvalue weighted by atomic mass is 16.2. The molecule has 1 heterocycles. The van der Waals surface area contributed by atoms with Crippen molar-refractivity contribution in [2.45, 2.75) is 19.8 Å². The maximum Gasteiger partial charge on any atom is 0.253 e. The monoisotopic (exact) mass is 271 g/mol. The summed E-state index contributed by atoms with van der Waals surface area (Å²) >= 11 is 0. The molecule has 1 fully saturated rings. The van der Waals surface area contributed by atoms with E-state index >= 15 is 0 Å². The van der Waals surface area contributed by atoms with E-state index < -0.39 is 0 Å². The Morgan fingerprint density at radius 3 is 2.55 bits per heavy atom. The number of piperidine rings is 1. The number of nitrogens with zero attached hydrogens (tertiary/aromatic N) is 2. The van der Waals surface area contributed by atoms with Gasteiger partial charge in [0.25, 0.3) is 5.91 Å². The van der Waals surface area contributed by atoms with Gasteiger partial charge in [0.05, 0.1) is 11.6 Å². The summed E-state index contributed by atoms with van der Waals surface area (Å²) in [4.78, 5) is 14.4. The van der Waals surface area contributed by atoms with Crippen LogP contribution in [0.5, 0.6) is 0 Å². The molecule has 1 aliphatic heterocycles. The van der Waals surface area contributed by atoms with E-state index in [1.807, 2.05) is 11.8 Å². The highest BCUT2D eigenvalue weighted by Crippen LogP contribution is 2.15. The Bertz CT molecular complexity index is 483. The fraction of sp³-hybridized carbons (Fsp3) is 0.500. The number of nitrogens with one attached hydrogen (secondary N) is 1. The van der Waals surface area contributed by atoms with Gasteiger partial charge in [0.1, 0.15) is 0 Å². The van der Waals surface area contributed by atoms with Crippen molar-refractivity contribution in [2.75, 3.05) is 26.2 Å². The molecule has 1 aromatic rings. The van der Waals surface area contributed by atoms with E-state index in [-0.39, 0.29) is 5.91 Å². The largest absolute Gasteiger partial charge is 0.339 e. The molecule has 0 radical (unpaired) electrons. The Hall–Kier alpha value is -1.86. The van der Waals surface area contributed by atoms with Gasteiger partial charge in [-0.25, -0.2) is 0 Å². The molecule has 0 atom stereocenters. The quantitative estimate of drug-likeness (QED) is 0.911. The standard InChI is InChI=1S/C16H21N3O/c1-2-19(12-14-7-9-18-10-8-14)16(20)15-5-3-13(11-17)4-6-15/h3-6,14,18H,2,7-10,12H2,1H3. The van der Waals surface area contributed by atoms with E-state index in [1.165, 1.54) is 0 Å². The van der Waals surface area contributed by atoms with Gasteiger partial charge in [0, 0.05) is 18.7 Å². The van der Waals surface area contributed by atoms with E-state index in [1.54, 1.807) is 24.3 Å². The van der Waals surface area contributed by atoms with Gasteiger partial charge in [0.2, 0.25) is 0 Å². The smallest absolute Gasteiger partial charge is 0.253 e. The SMILES string of the molecule is CCN(CC1CCNCC1)C(=O)c1ccc(C#N)cc1. The van der Waals surface area contributed by atoms with Gasteiger partial charge in [-0.3, -0.25) is 4.79 Å². The van der Waals surface area contributed by atoms with Crippen LogP contribution in [-0.4, -0.2) is 37.0 Å². The van der Waals surface area contributed by atoms with Crippen LogP contribution in [-0.2, 0) is 0 Å². The van der Waals surface area contributed by atoms with E-state index in [4.69, 9.17) is 5.26 Å². The molecular weight excluding hydrogens is 250 g/mol. The van der Waals surface area contributed by atoms with Crippen LogP contribution >= 0.6 is 0 Å². The zero-order valence-corrected chi connectivity index (χ0v) is 11.9. The van der Waals surface area contributed by atoms with Crippen LogP contribution in [0.25, 0.3) is 0 Å². The molecular formula is C16H21N3O. The topological polar surface area (TPSA) is 56.1 Å². The van der Waals surface area contributed by atoms with Gasteiger partial charge in [-0.05, 0) is 63.0 Å². The molecule has 4 heteroatoms. The van der Waals surface area contributed by atoms with Crippen molar-refractivity contribution in [3.8, 4) is 6.07 Å². The first kappa shape index (κ1) is 14.5. The lowest BCUT2D eigenvalue weighted by Crippen LogP contribution is -2.39. The number of amides is 1. The van der Waals surface area contributed by atoms with Crippen molar-refractivity contribution in [3.63, 3.8) is 0 Å². The van der Waals surface area contributed by atoms with Crippen molar-refractivity contribution in [2.24, 2.45) is 5.92 Å². The summed E-state index contributed by atoms with van der Waals surface area (Å²) in [7, 11) is 0. The molecule has 0 aliphatic carbocycles. The maximum atomic E-state index is 12.5. The molecule has 1 saturated heterocycles. The minimum absolute atomic E-state index is 0.0653. The molecule has 0 unspecified atom stereocenters. The molecule has 0 saturated carbocycles. The van der Waals surface area contributed by atoms with Gasteiger partial charge < -0.3 is 10.2 Å². The molecule has 1 amide bonds. The maximum absolute atomic E-state index is 12.5. The first-order valence-corrected chi connectivity index (χ1v) is 7.24. The number of carbonyl (C=O) groups is 1. The van der Waals surface area contributed by atoms with Crippen molar-refractivity contribution in [3.05, 3.63) is 35.4 Å². The summed E-state index contributed by atoms with van der Waals surface area (Å²) in [5, 5.41) is 12.1. The van der Waals surface area contributed by atoms with E-state index in [2.05, 4.69) is 11.4 Å². The zero-order chi connectivity index (χ0) is 14.4. The van der Waals surface area contributed by atoms with Crippen LogP contribution < -0.4 is 5.32 Å². The number of hydrogen-bond acceptors (Lipinski definition) is 3. The third kappa shape index (κ3) is 3.58. The number of rotatable bonds is 4. The lowest BCUT2D eigenvalue weighted by Gasteiger charge is -2.29. The minimum Gasteiger partial charge on any atom is -0.339 e. The van der Waals surface area contributed by atoms with E-state index in [0.717, 1.165) is 39.0 Å². The van der Waals surface area contributed by atoms with Crippen LogP contribution in [0.2, 0.25) is 0 Å². The molecule has 1 N–H and O–H groups in total. The fourth-order valence-electron chi connectivity index (χ4n) is 2.60. The van der Waals surface area contributed by atoms with Crippen LogP contribution in [0, 0.1) is 17.2 Å². The number of hydrogen-bond donors (Lipinski definition) is 1. The number of nitriles is 1. The average molecular weight is 271 g/mol. The molecule has 106 valence electrons. The molecule has 0 bridgehead atoms. The van der Waals surface area contributed by atoms with Crippen LogP contribution in [0.15, 0.2) is 24.3 Å². The van der Waals surface area contributed by atoms with Crippen molar-refractivity contribution in [1.82, 2.24) is 10.2 Å². The zero-order valence-electron chi connectivity index (χ0n) is 11.9. The van der Waals surface area contributed by atoms with Crippen LogP contribution in [0.4, 0.5) is 0 Å². The second-order valence-corrected chi connectivity index (χ2v) is 5.23. The summed E-state index contributed by atoms with van der Waals surface area (Å²) in [5.74, 6) is 0.661. The van der Waals surface area contributed by atoms with Crippen LogP contribution in [0.3, 0.4) is 0 Å². The highest BCUT2D eigenvalue weighted by molar-refractivity contribution is 5.94. The van der Waals surface area contributed by atoms with E-state index in [0.29, 0.717) is 17.0 Å². The Kier molecular flexibility index (Phi) is 5.14. The Morgan fingerprint density at radius 2 is 2.00 bits per heavy atom. The molecule has 4 nitrogen and oxygen atoms in total. The number of carbonyl (C=O) groups excluding carboxylic acids is 1. The van der Waals surface area contributed by atoms with Crippen molar-refractivity contribution in [1.29, 1.82) is 5.26 Å². The highest BCUT2D eigenvalue weighted by Gasteiger charge is 2.20. The summed E-state index contributed by atoms with van der Waals surface area (Å²) in [6.45, 7) is 5.67. The van der Waals surface area contributed by atoms with Crippen molar-refractivity contribution < 1.29 is 4.79 Å². The van der Waals surface area contributed by atoms with Gasteiger partial charge in [0.15, 0.2) is 0 Å². The van der Waals surface area contributed by atoms with Gasteiger partial charge in [-0.15, -0.1) is 0 Å². The Labute approximate surface area is 120 Å². The molecule has 2 rings (SSSR count). The fourth-order valence-corrected chi connectivity index (χ4v) is 2.60. The molecule has 0 aromatic heterocycles. The summed E-state index contributed by atoms with van der Waals surface area (Å²) < 4.78 is 0. The lowest BCUT2D eigenvalue weighted by molar-refractivity contribution is 0.0727. The third-order valence-electron chi connectivity index (χ3n) is 3.87.